The van der Waals surface area contributed by atoms with Crippen LogP contribution in [0.25, 0.3) is 0 Å². The van der Waals surface area contributed by atoms with Crippen molar-refractivity contribution in [3.63, 3.8) is 0 Å². The molecule has 21 heavy (non-hydrogen) atoms. The summed E-state index contributed by atoms with van der Waals surface area (Å²) in [7, 11) is 0. The molecule has 0 aromatic heterocycles. The van der Waals surface area contributed by atoms with Crippen LogP contribution in [0, 0.1) is 11.6 Å². The highest BCUT2D eigenvalue weighted by Gasteiger charge is 2.62. The van der Waals surface area contributed by atoms with Crippen LogP contribution in [-0.4, -0.2) is 33.8 Å². The van der Waals surface area contributed by atoms with Crippen molar-refractivity contribution in [2.75, 3.05) is 0 Å². The van der Waals surface area contributed by atoms with Crippen molar-refractivity contribution >= 4 is 5.91 Å². The first-order valence-electron chi connectivity index (χ1n) is 7.13. The van der Waals surface area contributed by atoms with E-state index in [-0.39, 0.29) is 18.2 Å². The van der Waals surface area contributed by atoms with E-state index in [4.69, 9.17) is 4.74 Å². The molecule has 3 fully saturated rings. The molecular weight excluding hydrogens is 280 g/mol. The Kier molecular flexibility index (Phi) is 2.65. The molecule has 112 valence electrons. The van der Waals surface area contributed by atoms with Crippen molar-refractivity contribution in [3.8, 4) is 0 Å². The summed E-state index contributed by atoms with van der Waals surface area (Å²) in [6.45, 7) is 0. The van der Waals surface area contributed by atoms with Crippen LogP contribution in [0.3, 0.4) is 0 Å². The SMILES string of the molecule is O=C1N2[C@H](CC[C@H]2c2cc(F)cc(F)c2)OC12CC(O)C2. The number of carbonyl (C=O) groups excluding carboxylic acids is 1. The molecule has 2 aliphatic heterocycles. The summed E-state index contributed by atoms with van der Waals surface area (Å²) in [5.41, 5.74) is -0.446. The predicted molar refractivity (Wildman–Crippen MR) is 68.0 cm³/mol. The number of carbonyl (C=O) groups is 1. The Balaban J connectivity index is 1.65. The Morgan fingerprint density at radius 1 is 1.19 bits per heavy atom. The van der Waals surface area contributed by atoms with Crippen LogP contribution < -0.4 is 0 Å². The van der Waals surface area contributed by atoms with E-state index < -0.39 is 23.3 Å². The average Bonchev–Trinajstić information content (AvgIpc) is 2.88. The summed E-state index contributed by atoms with van der Waals surface area (Å²) in [5.74, 6) is -1.45. The summed E-state index contributed by atoms with van der Waals surface area (Å²) in [5, 5.41) is 9.46. The molecule has 1 aliphatic carbocycles. The van der Waals surface area contributed by atoms with E-state index in [0.717, 1.165) is 6.07 Å². The lowest BCUT2D eigenvalue weighted by molar-refractivity contribution is -0.165. The third-order valence-electron chi connectivity index (χ3n) is 4.72. The molecule has 1 N–H and O–H groups in total. The predicted octanol–water partition coefficient (Wildman–Crippen LogP) is 1.88. The molecule has 2 heterocycles. The molecular formula is C15H15F2NO3. The van der Waals surface area contributed by atoms with Gasteiger partial charge in [0.05, 0.1) is 12.1 Å². The van der Waals surface area contributed by atoms with Gasteiger partial charge >= 0.3 is 0 Å². The Morgan fingerprint density at radius 2 is 1.86 bits per heavy atom. The number of hydrogen-bond acceptors (Lipinski definition) is 3. The summed E-state index contributed by atoms with van der Waals surface area (Å²) in [6.07, 6.45) is 1.04. The van der Waals surface area contributed by atoms with Crippen molar-refractivity contribution in [2.45, 2.75) is 49.7 Å². The molecule has 4 nitrogen and oxygen atoms in total. The van der Waals surface area contributed by atoms with E-state index in [2.05, 4.69) is 0 Å². The van der Waals surface area contributed by atoms with E-state index in [0.29, 0.717) is 31.2 Å². The zero-order valence-corrected chi connectivity index (χ0v) is 11.3. The van der Waals surface area contributed by atoms with E-state index in [1.807, 2.05) is 0 Å². The summed E-state index contributed by atoms with van der Waals surface area (Å²) < 4.78 is 32.6. The molecule has 4 rings (SSSR count). The highest BCUT2D eigenvalue weighted by atomic mass is 19.1. The second-order valence-corrected chi connectivity index (χ2v) is 6.14. The molecule has 2 saturated heterocycles. The molecule has 1 spiro atoms. The number of fused-ring (bicyclic) bond motifs is 1. The first kappa shape index (κ1) is 13.2. The monoisotopic (exact) mass is 295 g/mol. The van der Waals surface area contributed by atoms with Gasteiger partial charge in [0, 0.05) is 18.9 Å². The van der Waals surface area contributed by atoms with E-state index in [1.165, 1.54) is 12.1 Å². The molecule has 3 aliphatic rings. The molecule has 0 bridgehead atoms. The Hall–Kier alpha value is -1.53. The molecule has 6 heteroatoms. The van der Waals surface area contributed by atoms with Crippen LogP contribution in [-0.2, 0) is 9.53 Å². The van der Waals surface area contributed by atoms with Crippen LogP contribution in [0.15, 0.2) is 18.2 Å². The van der Waals surface area contributed by atoms with Gasteiger partial charge in [0.1, 0.15) is 17.9 Å². The number of aliphatic hydroxyl groups excluding tert-OH is 1. The lowest BCUT2D eigenvalue weighted by Crippen LogP contribution is -2.54. The van der Waals surface area contributed by atoms with Crippen LogP contribution in [0.4, 0.5) is 8.78 Å². The first-order chi connectivity index (χ1) is 9.98. The highest BCUT2D eigenvalue weighted by Crippen LogP contribution is 2.51. The smallest absolute Gasteiger partial charge is 0.257 e. The summed E-state index contributed by atoms with van der Waals surface area (Å²) in [4.78, 5) is 14.2. The number of benzene rings is 1. The van der Waals surface area contributed by atoms with Crippen molar-refractivity contribution in [1.29, 1.82) is 0 Å². The zero-order chi connectivity index (χ0) is 14.8. The molecule has 0 unspecified atom stereocenters. The number of ether oxygens (including phenoxy) is 1. The Bertz CT molecular complexity index is 595. The minimum atomic E-state index is -0.908. The van der Waals surface area contributed by atoms with E-state index >= 15 is 0 Å². The van der Waals surface area contributed by atoms with Gasteiger partial charge in [0.15, 0.2) is 5.60 Å². The van der Waals surface area contributed by atoms with E-state index in [9.17, 15) is 18.7 Å². The lowest BCUT2D eigenvalue weighted by atomic mass is 9.76. The Labute approximate surface area is 120 Å². The number of rotatable bonds is 1. The van der Waals surface area contributed by atoms with Gasteiger partial charge in [-0.1, -0.05) is 0 Å². The topological polar surface area (TPSA) is 49.8 Å². The van der Waals surface area contributed by atoms with Crippen molar-refractivity contribution in [3.05, 3.63) is 35.4 Å². The van der Waals surface area contributed by atoms with Crippen LogP contribution in [0.2, 0.25) is 0 Å². The van der Waals surface area contributed by atoms with Gasteiger partial charge in [0.25, 0.3) is 5.91 Å². The molecule has 2 atom stereocenters. The van der Waals surface area contributed by atoms with Crippen molar-refractivity contribution < 1.29 is 23.4 Å². The third-order valence-corrected chi connectivity index (χ3v) is 4.72. The normalized spacial score (nSPS) is 38.0. The van der Waals surface area contributed by atoms with E-state index in [1.54, 1.807) is 4.90 Å². The summed E-state index contributed by atoms with van der Waals surface area (Å²) >= 11 is 0. The lowest BCUT2D eigenvalue weighted by Gasteiger charge is -2.39. The Morgan fingerprint density at radius 3 is 2.48 bits per heavy atom. The average molecular weight is 295 g/mol. The van der Waals surface area contributed by atoms with Gasteiger partial charge in [-0.3, -0.25) is 4.79 Å². The fourth-order valence-corrected chi connectivity index (χ4v) is 3.78. The number of aliphatic hydroxyl groups is 1. The van der Waals surface area contributed by atoms with Crippen molar-refractivity contribution in [2.24, 2.45) is 0 Å². The number of amides is 1. The van der Waals surface area contributed by atoms with Gasteiger partial charge in [0.2, 0.25) is 0 Å². The zero-order valence-electron chi connectivity index (χ0n) is 11.3. The standard InChI is InChI=1S/C15H15F2NO3/c16-9-3-8(4-10(17)5-9)12-1-2-13-18(12)14(20)15(21-13)6-11(19)7-15/h3-5,11-13,19H,1-2,6-7H2/t11?,12-,13-,15?/m0/s1. The second-order valence-electron chi connectivity index (χ2n) is 6.14. The maximum atomic E-state index is 13.4. The minimum absolute atomic E-state index is 0.162. The van der Waals surface area contributed by atoms with Gasteiger partial charge in [-0.25, -0.2) is 8.78 Å². The summed E-state index contributed by atoms with van der Waals surface area (Å²) in [6, 6.07) is 3.00. The van der Waals surface area contributed by atoms with Gasteiger partial charge in [-0.2, -0.15) is 0 Å². The quantitative estimate of drug-likeness (QED) is 0.860. The molecule has 1 amide bonds. The molecule has 0 radical (unpaired) electrons. The second kappa shape index (κ2) is 4.24. The fourth-order valence-electron chi connectivity index (χ4n) is 3.78. The number of nitrogens with zero attached hydrogens (tertiary/aromatic N) is 1. The minimum Gasteiger partial charge on any atom is -0.393 e. The molecule has 1 aromatic carbocycles. The molecule has 1 saturated carbocycles. The maximum absolute atomic E-state index is 13.4. The van der Waals surface area contributed by atoms with Crippen LogP contribution in [0.1, 0.15) is 37.3 Å². The largest absolute Gasteiger partial charge is 0.393 e. The van der Waals surface area contributed by atoms with Gasteiger partial charge in [-0.05, 0) is 30.5 Å². The number of hydrogen-bond donors (Lipinski definition) is 1. The first-order valence-corrected chi connectivity index (χ1v) is 7.13. The van der Waals surface area contributed by atoms with Gasteiger partial charge in [-0.15, -0.1) is 0 Å². The van der Waals surface area contributed by atoms with Crippen molar-refractivity contribution in [1.82, 2.24) is 4.90 Å². The maximum Gasteiger partial charge on any atom is 0.257 e. The third kappa shape index (κ3) is 1.82. The van der Waals surface area contributed by atoms with Crippen LogP contribution >= 0.6 is 0 Å². The molecule has 1 aromatic rings. The highest BCUT2D eigenvalue weighted by molar-refractivity contribution is 5.89. The number of halogens is 2. The van der Waals surface area contributed by atoms with Gasteiger partial charge < -0.3 is 14.7 Å². The van der Waals surface area contributed by atoms with Crippen LogP contribution in [0.5, 0.6) is 0 Å². The fraction of sp³-hybridized carbons (Fsp3) is 0.533.